The van der Waals surface area contributed by atoms with Gasteiger partial charge in [0, 0.05) is 12.8 Å². The molecule has 0 amide bonds. The molecule has 0 aromatic heterocycles. The Bertz CT molecular complexity index is 384. The summed E-state index contributed by atoms with van der Waals surface area (Å²) >= 11 is 0. The van der Waals surface area contributed by atoms with Crippen molar-refractivity contribution in [1.82, 2.24) is 4.72 Å². The first-order valence-electron chi connectivity index (χ1n) is 4.36. The van der Waals surface area contributed by atoms with Crippen LogP contribution in [0.1, 0.15) is 13.8 Å². The molecule has 0 fully saturated rings. The number of hydrogen-bond donors (Lipinski definition) is 2. The molecule has 1 atom stereocenters. The van der Waals surface area contributed by atoms with E-state index >= 15 is 0 Å². The lowest BCUT2D eigenvalue weighted by Gasteiger charge is -2.14. The number of nitrogens with one attached hydrogen (secondary N) is 1. The van der Waals surface area contributed by atoms with Crippen LogP contribution in [0, 0.1) is 5.92 Å². The van der Waals surface area contributed by atoms with Gasteiger partial charge in [-0.05, 0) is 5.92 Å². The van der Waals surface area contributed by atoms with E-state index in [1.165, 1.54) is 0 Å². The third kappa shape index (κ3) is 7.71. The fourth-order valence-electron chi connectivity index (χ4n) is 0.772. The summed E-state index contributed by atoms with van der Waals surface area (Å²) in [6.07, 6.45) is 0.0183. The number of rotatable bonds is 6. The smallest absolute Gasteiger partial charge is 0.226 e. The van der Waals surface area contributed by atoms with Crippen LogP contribution < -0.4 is 4.72 Å². The third-order valence-corrected chi connectivity index (χ3v) is 5.21. The lowest BCUT2D eigenvalue weighted by molar-refractivity contribution is 0.129. The molecule has 0 rings (SSSR count). The van der Waals surface area contributed by atoms with Gasteiger partial charge in [0.05, 0.1) is 6.10 Å². The Morgan fingerprint density at radius 1 is 1.20 bits per heavy atom. The van der Waals surface area contributed by atoms with Crippen LogP contribution in [0.2, 0.25) is 0 Å². The van der Waals surface area contributed by atoms with Crippen LogP contribution in [0.25, 0.3) is 0 Å². The van der Waals surface area contributed by atoms with E-state index in [0.717, 1.165) is 6.26 Å². The van der Waals surface area contributed by atoms with Gasteiger partial charge in [-0.2, -0.15) is 0 Å². The molecular formula is C7H17NO5S2. The Morgan fingerprint density at radius 2 is 1.67 bits per heavy atom. The lowest BCUT2D eigenvalue weighted by atomic mass is 10.1. The summed E-state index contributed by atoms with van der Waals surface area (Å²) in [5, 5.41) is 8.36. The van der Waals surface area contributed by atoms with Crippen molar-refractivity contribution in [3.63, 3.8) is 0 Å². The van der Waals surface area contributed by atoms with Crippen LogP contribution in [-0.2, 0) is 19.9 Å². The molecule has 0 saturated carbocycles. The van der Waals surface area contributed by atoms with Gasteiger partial charge in [-0.1, -0.05) is 13.8 Å². The Hall–Kier alpha value is -0.180. The van der Waals surface area contributed by atoms with Crippen LogP contribution in [0.5, 0.6) is 0 Å². The summed E-state index contributed by atoms with van der Waals surface area (Å²) in [4.78, 5) is 0. The topological polar surface area (TPSA) is 101 Å². The molecule has 0 aromatic rings. The zero-order chi connectivity index (χ0) is 12.3. The van der Waals surface area contributed by atoms with E-state index in [2.05, 4.69) is 0 Å². The van der Waals surface area contributed by atoms with Crippen LogP contribution >= 0.6 is 0 Å². The summed E-state index contributed by atoms with van der Waals surface area (Å²) in [6.45, 7) is 3.29. The molecule has 0 bridgehead atoms. The first-order chi connectivity index (χ1) is 6.53. The number of aliphatic hydroxyl groups is 1. The predicted molar refractivity (Wildman–Crippen MR) is 57.5 cm³/mol. The first kappa shape index (κ1) is 14.8. The molecule has 6 nitrogen and oxygen atoms in total. The second-order valence-electron chi connectivity index (χ2n) is 3.82. The summed E-state index contributed by atoms with van der Waals surface area (Å²) < 4.78 is 45.9. The number of sulfone groups is 1. The van der Waals surface area contributed by atoms with Gasteiger partial charge in [0.2, 0.25) is 10.0 Å². The Morgan fingerprint density at radius 3 is 2.00 bits per heavy atom. The van der Waals surface area contributed by atoms with Gasteiger partial charge < -0.3 is 5.11 Å². The van der Waals surface area contributed by atoms with Crippen LogP contribution in [0.15, 0.2) is 0 Å². The minimum absolute atomic E-state index is 0.0917. The van der Waals surface area contributed by atoms with E-state index in [1.54, 1.807) is 13.8 Å². The quantitative estimate of drug-likeness (QED) is 0.632. The van der Waals surface area contributed by atoms with Crippen LogP contribution in [0.3, 0.4) is 0 Å². The Labute approximate surface area is 90.7 Å². The van der Waals surface area contributed by atoms with Gasteiger partial charge in [0.25, 0.3) is 0 Å². The molecule has 0 saturated heterocycles. The number of aliphatic hydroxyl groups excluding tert-OH is 1. The Balaban J connectivity index is 4.30. The molecule has 15 heavy (non-hydrogen) atoms. The largest absolute Gasteiger partial charge is 0.391 e. The van der Waals surface area contributed by atoms with Gasteiger partial charge in [-0.3, -0.25) is 0 Å². The summed E-state index contributed by atoms with van der Waals surface area (Å²) in [5.41, 5.74) is 0. The first-order valence-corrected chi connectivity index (χ1v) is 8.08. The minimum atomic E-state index is -3.87. The minimum Gasteiger partial charge on any atom is -0.391 e. The molecule has 0 aliphatic carbocycles. The van der Waals surface area contributed by atoms with E-state index in [1.807, 2.05) is 4.72 Å². The molecule has 2 N–H and O–H groups in total. The second-order valence-corrected chi connectivity index (χ2v) is 8.13. The van der Waals surface area contributed by atoms with E-state index in [4.69, 9.17) is 0 Å². The zero-order valence-corrected chi connectivity index (χ0v) is 10.6. The van der Waals surface area contributed by atoms with Crippen molar-refractivity contribution in [2.45, 2.75) is 20.0 Å². The van der Waals surface area contributed by atoms with E-state index in [9.17, 15) is 21.9 Å². The molecule has 0 radical (unpaired) electrons. The van der Waals surface area contributed by atoms with Crippen molar-refractivity contribution in [2.75, 3.05) is 17.9 Å². The van der Waals surface area contributed by atoms with E-state index in [-0.39, 0.29) is 12.5 Å². The zero-order valence-electron chi connectivity index (χ0n) is 8.97. The van der Waals surface area contributed by atoms with Crippen molar-refractivity contribution < 1.29 is 21.9 Å². The highest BCUT2D eigenvalue weighted by Crippen LogP contribution is 2.00. The SMILES string of the molecule is CC(C)C(O)CNS(=O)(=O)CS(C)(=O)=O. The lowest BCUT2D eigenvalue weighted by Crippen LogP contribution is -2.37. The van der Waals surface area contributed by atoms with Gasteiger partial charge >= 0.3 is 0 Å². The number of hydrogen-bond acceptors (Lipinski definition) is 5. The molecule has 0 aromatic carbocycles. The monoisotopic (exact) mass is 259 g/mol. The van der Waals surface area contributed by atoms with Crippen molar-refractivity contribution in [3.8, 4) is 0 Å². The maximum absolute atomic E-state index is 11.2. The maximum atomic E-state index is 11.2. The van der Waals surface area contributed by atoms with Crippen LogP contribution in [0.4, 0.5) is 0 Å². The molecule has 0 aliphatic rings. The highest BCUT2D eigenvalue weighted by molar-refractivity contribution is 8.06. The predicted octanol–water partition coefficient (Wildman–Crippen LogP) is -1.08. The molecule has 1 unspecified atom stereocenters. The molecular weight excluding hydrogens is 242 g/mol. The van der Waals surface area contributed by atoms with E-state index in [0.29, 0.717) is 0 Å². The van der Waals surface area contributed by atoms with Crippen molar-refractivity contribution in [3.05, 3.63) is 0 Å². The Kier molecular flexibility index (Phi) is 5.18. The van der Waals surface area contributed by atoms with Crippen molar-refractivity contribution in [1.29, 1.82) is 0 Å². The van der Waals surface area contributed by atoms with Crippen molar-refractivity contribution >= 4 is 19.9 Å². The fraction of sp³-hybridized carbons (Fsp3) is 1.00. The normalized spacial score (nSPS) is 15.5. The highest BCUT2D eigenvalue weighted by Gasteiger charge is 2.19. The molecule has 0 aliphatic heterocycles. The highest BCUT2D eigenvalue weighted by atomic mass is 32.3. The number of sulfonamides is 1. The standard InChI is InChI=1S/C7H17NO5S2/c1-6(2)7(9)4-8-15(12,13)5-14(3,10)11/h6-9H,4-5H2,1-3H3. The molecule has 0 spiro atoms. The van der Waals surface area contributed by atoms with Gasteiger partial charge in [-0.15, -0.1) is 0 Å². The molecule has 0 heterocycles. The van der Waals surface area contributed by atoms with Crippen molar-refractivity contribution in [2.24, 2.45) is 5.92 Å². The summed E-state index contributed by atoms with van der Waals surface area (Å²) in [5.74, 6) is -0.0917. The molecule has 92 valence electrons. The summed E-state index contributed by atoms with van der Waals surface area (Å²) in [7, 11) is -7.45. The van der Waals surface area contributed by atoms with Gasteiger partial charge in [0.15, 0.2) is 14.9 Å². The second kappa shape index (κ2) is 5.24. The maximum Gasteiger partial charge on any atom is 0.226 e. The van der Waals surface area contributed by atoms with Gasteiger partial charge in [0.1, 0.15) is 0 Å². The summed E-state index contributed by atoms with van der Waals surface area (Å²) in [6, 6.07) is 0. The average Bonchev–Trinajstić information content (AvgIpc) is 1.95. The van der Waals surface area contributed by atoms with Gasteiger partial charge in [-0.25, -0.2) is 21.6 Å². The average molecular weight is 259 g/mol. The third-order valence-electron chi connectivity index (χ3n) is 1.65. The molecule has 8 heteroatoms. The fourth-order valence-corrected chi connectivity index (χ4v) is 3.78. The van der Waals surface area contributed by atoms with E-state index < -0.39 is 31.0 Å². The van der Waals surface area contributed by atoms with Crippen LogP contribution in [-0.4, -0.2) is 45.9 Å².